The Bertz CT molecular complexity index is 229. The SMILES string of the molecule is CCSCC(COC(C)C)OCOC(COC(C)C)CSCC. The summed E-state index contributed by atoms with van der Waals surface area (Å²) in [4.78, 5) is 0. The second-order valence-electron chi connectivity index (χ2n) is 5.78. The van der Waals surface area contributed by atoms with Crippen LogP contribution in [0, 0.1) is 0 Å². The Labute approximate surface area is 151 Å². The Morgan fingerprint density at radius 1 is 0.652 bits per heavy atom. The minimum atomic E-state index is 0.0767. The van der Waals surface area contributed by atoms with E-state index in [1.807, 2.05) is 51.2 Å². The molecule has 0 spiro atoms. The van der Waals surface area contributed by atoms with Crippen molar-refractivity contribution in [3.8, 4) is 0 Å². The molecule has 0 fully saturated rings. The van der Waals surface area contributed by atoms with Gasteiger partial charge >= 0.3 is 0 Å². The Morgan fingerprint density at radius 3 is 1.35 bits per heavy atom. The van der Waals surface area contributed by atoms with Crippen LogP contribution in [-0.4, -0.2) is 67.4 Å². The lowest BCUT2D eigenvalue weighted by Crippen LogP contribution is -2.30. The van der Waals surface area contributed by atoms with Gasteiger partial charge in [-0.25, -0.2) is 0 Å². The summed E-state index contributed by atoms with van der Waals surface area (Å²) in [5.41, 5.74) is 0. The van der Waals surface area contributed by atoms with Gasteiger partial charge in [-0.3, -0.25) is 0 Å². The van der Waals surface area contributed by atoms with E-state index >= 15 is 0 Å². The lowest BCUT2D eigenvalue weighted by atomic mass is 10.4. The molecule has 0 aliphatic heterocycles. The quantitative estimate of drug-likeness (QED) is 0.382. The van der Waals surface area contributed by atoms with Gasteiger partial charge in [0.15, 0.2) is 0 Å². The van der Waals surface area contributed by atoms with Crippen LogP contribution in [0.4, 0.5) is 0 Å². The fourth-order valence-electron chi connectivity index (χ4n) is 1.62. The average molecular weight is 369 g/mol. The van der Waals surface area contributed by atoms with Crippen LogP contribution in [0.2, 0.25) is 0 Å². The minimum absolute atomic E-state index is 0.0767. The van der Waals surface area contributed by atoms with Gasteiger partial charge in [0.05, 0.1) is 37.6 Å². The molecule has 0 aliphatic carbocycles. The van der Waals surface area contributed by atoms with Crippen LogP contribution >= 0.6 is 23.5 Å². The van der Waals surface area contributed by atoms with Gasteiger partial charge in [0.2, 0.25) is 0 Å². The van der Waals surface area contributed by atoms with Crippen LogP contribution < -0.4 is 0 Å². The van der Waals surface area contributed by atoms with E-state index < -0.39 is 0 Å². The van der Waals surface area contributed by atoms with Crippen molar-refractivity contribution in [3.63, 3.8) is 0 Å². The zero-order chi connectivity index (χ0) is 17.5. The van der Waals surface area contributed by atoms with E-state index in [4.69, 9.17) is 18.9 Å². The first-order valence-electron chi connectivity index (χ1n) is 8.61. The van der Waals surface area contributed by atoms with Crippen LogP contribution in [0.5, 0.6) is 0 Å². The highest BCUT2D eigenvalue weighted by molar-refractivity contribution is 7.99. The molecule has 23 heavy (non-hydrogen) atoms. The maximum absolute atomic E-state index is 5.88. The number of thioether (sulfide) groups is 2. The van der Waals surface area contributed by atoms with Crippen molar-refractivity contribution in [2.24, 2.45) is 0 Å². The molecule has 0 bridgehead atoms. The van der Waals surface area contributed by atoms with Crippen molar-refractivity contribution >= 4 is 23.5 Å². The molecule has 0 amide bonds. The summed E-state index contributed by atoms with van der Waals surface area (Å²) >= 11 is 3.73. The first-order chi connectivity index (χ1) is 11.0. The smallest absolute Gasteiger partial charge is 0.147 e. The monoisotopic (exact) mass is 368 g/mol. The van der Waals surface area contributed by atoms with Crippen molar-refractivity contribution in [3.05, 3.63) is 0 Å². The van der Waals surface area contributed by atoms with E-state index in [0.717, 1.165) is 23.0 Å². The Balaban J connectivity index is 4.13. The van der Waals surface area contributed by atoms with Gasteiger partial charge < -0.3 is 18.9 Å². The Morgan fingerprint density at radius 2 is 1.04 bits per heavy atom. The van der Waals surface area contributed by atoms with E-state index in [1.165, 1.54) is 0 Å². The second-order valence-corrected chi connectivity index (χ2v) is 8.42. The molecule has 0 heterocycles. The maximum Gasteiger partial charge on any atom is 0.147 e. The first-order valence-corrected chi connectivity index (χ1v) is 10.9. The van der Waals surface area contributed by atoms with Crippen molar-refractivity contribution in [1.82, 2.24) is 0 Å². The summed E-state index contributed by atoms with van der Waals surface area (Å²) in [6, 6.07) is 0. The van der Waals surface area contributed by atoms with Crippen LogP contribution in [0.15, 0.2) is 0 Å². The molecule has 0 aliphatic rings. The molecule has 0 rings (SSSR count). The van der Waals surface area contributed by atoms with E-state index in [9.17, 15) is 0 Å². The maximum atomic E-state index is 5.88. The molecular weight excluding hydrogens is 332 g/mol. The van der Waals surface area contributed by atoms with E-state index in [2.05, 4.69) is 13.8 Å². The largest absolute Gasteiger partial charge is 0.376 e. The van der Waals surface area contributed by atoms with Crippen molar-refractivity contribution in [1.29, 1.82) is 0 Å². The van der Waals surface area contributed by atoms with Crippen molar-refractivity contribution in [2.45, 2.75) is 66.0 Å². The number of rotatable bonds is 16. The average Bonchev–Trinajstić information content (AvgIpc) is 2.50. The van der Waals surface area contributed by atoms with Gasteiger partial charge in [0, 0.05) is 11.5 Å². The Kier molecular flexibility index (Phi) is 16.4. The molecule has 0 aromatic heterocycles. The topological polar surface area (TPSA) is 36.9 Å². The van der Waals surface area contributed by atoms with Gasteiger partial charge in [-0.05, 0) is 39.2 Å². The lowest BCUT2D eigenvalue weighted by molar-refractivity contribution is -0.140. The molecule has 0 aromatic rings. The predicted octanol–water partition coefficient (Wildman–Crippen LogP) is 4.07. The molecule has 2 atom stereocenters. The summed E-state index contributed by atoms with van der Waals surface area (Å²) < 4.78 is 23.1. The predicted molar refractivity (Wildman–Crippen MR) is 103 cm³/mol. The minimum Gasteiger partial charge on any atom is -0.376 e. The van der Waals surface area contributed by atoms with Crippen LogP contribution in [0.25, 0.3) is 0 Å². The molecule has 0 saturated carbocycles. The van der Waals surface area contributed by atoms with Gasteiger partial charge in [-0.2, -0.15) is 23.5 Å². The third kappa shape index (κ3) is 15.8. The third-order valence-electron chi connectivity index (χ3n) is 2.85. The molecule has 2 unspecified atom stereocenters. The molecule has 0 N–H and O–H groups in total. The molecule has 0 radical (unpaired) electrons. The van der Waals surface area contributed by atoms with E-state index in [0.29, 0.717) is 20.0 Å². The number of hydrogen-bond acceptors (Lipinski definition) is 6. The van der Waals surface area contributed by atoms with Gasteiger partial charge in [0.25, 0.3) is 0 Å². The highest BCUT2D eigenvalue weighted by atomic mass is 32.2. The number of ether oxygens (including phenoxy) is 4. The third-order valence-corrected chi connectivity index (χ3v) is 4.89. The summed E-state index contributed by atoms with van der Waals surface area (Å²) in [6.07, 6.45) is 0.601. The summed E-state index contributed by atoms with van der Waals surface area (Å²) in [6.45, 7) is 14.0. The van der Waals surface area contributed by atoms with Crippen molar-refractivity contribution < 1.29 is 18.9 Å². The second kappa shape index (κ2) is 16.0. The highest BCUT2D eigenvalue weighted by Crippen LogP contribution is 2.10. The fourth-order valence-corrected chi connectivity index (χ4v) is 3.00. The molecule has 140 valence electrons. The molecule has 6 heteroatoms. The molecule has 0 saturated heterocycles. The van der Waals surface area contributed by atoms with Gasteiger partial charge in [-0.1, -0.05) is 13.8 Å². The van der Waals surface area contributed by atoms with Crippen LogP contribution in [-0.2, 0) is 18.9 Å². The highest BCUT2D eigenvalue weighted by Gasteiger charge is 2.14. The molecule has 4 nitrogen and oxygen atoms in total. The summed E-state index contributed by atoms with van der Waals surface area (Å²) in [5, 5.41) is 0. The van der Waals surface area contributed by atoms with Gasteiger partial charge in [0.1, 0.15) is 6.79 Å². The van der Waals surface area contributed by atoms with Crippen molar-refractivity contribution in [2.75, 3.05) is 43.0 Å². The fraction of sp³-hybridized carbons (Fsp3) is 1.00. The van der Waals surface area contributed by atoms with Crippen LogP contribution in [0.3, 0.4) is 0 Å². The normalized spacial score (nSPS) is 14.6. The number of hydrogen-bond donors (Lipinski definition) is 0. The van der Waals surface area contributed by atoms with Crippen LogP contribution in [0.1, 0.15) is 41.5 Å². The first kappa shape index (κ1) is 23.5. The zero-order valence-electron chi connectivity index (χ0n) is 15.7. The van der Waals surface area contributed by atoms with Gasteiger partial charge in [-0.15, -0.1) is 0 Å². The summed E-state index contributed by atoms with van der Waals surface area (Å²) in [7, 11) is 0. The molecular formula is C17H36O4S2. The zero-order valence-corrected chi connectivity index (χ0v) is 17.3. The lowest BCUT2D eigenvalue weighted by Gasteiger charge is -2.22. The van der Waals surface area contributed by atoms with E-state index in [1.54, 1.807) is 0 Å². The molecule has 0 aromatic carbocycles. The van der Waals surface area contributed by atoms with E-state index in [-0.39, 0.29) is 24.4 Å². The summed E-state index contributed by atoms with van der Waals surface area (Å²) in [5.74, 6) is 4.04. The standard InChI is InChI=1S/C17H36O4S2/c1-7-22-11-16(9-18-14(3)4)20-13-21-17(12-23-8-2)10-19-15(5)6/h14-17H,7-13H2,1-6H3. The Hall–Kier alpha value is 0.540.